The summed E-state index contributed by atoms with van der Waals surface area (Å²) in [6.07, 6.45) is 6.00. The van der Waals surface area contributed by atoms with Gasteiger partial charge in [-0.3, -0.25) is 4.98 Å². The summed E-state index contributed by atoms with van der Waals surface area (Å²) in [5.41, 5.74) is 1.98. The van der Waals surface area contributed by atoms with Gasteiger partial charge in [0.15, 0.2) is 5.65 Å². The van der Waals surface area contributed by atoms with Gasteiger partial charge in [-0.1, -0.05) is 0 Å². The van der Waals surface area contributed by atoms with Crippen molar-refractivity contribution in [3.8, 4) is 0 Å². The molecule has 25 heavy (non-hydrogen) atoms. The van der Waals surface area contributed by atoms with Crippen LogP contribution < -0.4 is 4.90 Å². The number of fused-ring (bicyclic) bond motifs is 1. The molecule has 0 amide bonds. The van der Waals surface area contributed by atoms with Gasteiger partial charge in [-0.15, -0.1) is 0 Å². The molecule has 0 saturated carbocycles. The second-order valence-electron chi connectivity index (χ2n) is 6.10. The van der Waals surface area contributed by atoms with Gasteiger partial charge in [0.1, 0.15) is 17.2 Å². The molecule has 1 saturated heterocycles. The number of hydrogen-bond acceptors (Lipinski definition) is 5. The van der Waals surface area contributed by atoms with Gasteiger partial charge in [-0.05, 0) is 37.5 Å². The molecule has 1 aliphatic rings. The van der Waals surface area contributed by atoms with Gasteiger partial charge in [0.25, 0.3) is 0 Å². The van der Waals surface area contributed by atoms with Crippen molar-refractivity contribution in [2.24, 2.45) is 0 Å². The fraction of sp³-hybridized carbons (Fsp3) is 0.294. The van der Waals surface area contributed by atoms with Crippen molar-refractivity contribution in [2.45, 2.75) is 25.8 Å². The number of hydrogen-bond donors (Lipinski definition) is 1. The normalized spacial score (nSPS) is 17.4. The number of aromatic nitrogens is 4. The highest BCUT2D eigenvalue weighted by Crippen LogP contribution is 2.36. The van der Waals surface area contributed by atoms with Crippen LogP contribution in [-0.2, 0) is 0 Å². The van der Waals surface area contributed by atoms with Crippen molar-refractivity contribution >= 4 is 17.4 Å². The van der Waals surface area contributed by atoms with E-state index in [2.05, 4.69) is 20.0 Å². The smallest absolute Gasteiger partial charge is 0.341 e. The molecule has 0 bridgehead atoms. The van der Waals surface area contributed by atoms with Crippen LogP contribution in [0.25, 0.3) is 5.65 Å². The van der Waals surface area contributed by atoms with Crippen LogP contribution in [0.4, 0.5) is 10.2 Å². The van der Waals surface area contributed by atoms with Gasteiger partial charge >= 0.3 is 5.97 Å². The molecule has 1 aliphatic heterocycles. The number of carboxylic acid groups (broad SMARTS) is 1. The maximum atomic E-state index is 13.7. The van der Waals surface area contributed by atoms with Crippen LogP contribution in [-0.4, -0.2) is 37.2 Å². The molecule has 3 aromatic heterocycles. The minimum atomic E-state index is -1.07. The van der Waals surface area contributed by atoms with E-state index in [1.54, 1.807) is 12.3 Å². The highest BCUT2D eigenvalue weighted by Gasteiger charge is 2.29. The monoisotopic (exact) mass is 341 g/mol. The first-order valence-electron chi connectivity index (χ1n) is 8.01. The van der Waals surface area contributed by atoms with Gasteiger partial charge in [0.05, 0.1) is 18.4 Å². The lowest BCUT2D eigenvalue weighted by Gasteiger charge is -2.27. The van der Waals surface area contributed by atoms with Crippen molar-refractivity contribution < 1.29 is 14.3 Å². The molecule has 1 N–H and O–H groups in total. The minimum Gasteiger partial charge on any atom is -0.477 e. The van der Waals surface area contributed by atoms with Crippen LogP contribution in [0.2, 0.25) is 0 Å². The first-order valence-corrected chi connectivity index (χ1v) is 8.01. The van der Waals surface area contributed by atoms with E-state index in [4.69, 9.17) is 0 Å². The number of aromatic carboxylic acids is 1. The largest absolute Gasteiger partial charge is 0.477 e. The summed E-state index contributed by atoms with van der Waals surface area (Å²) in [7, 11) is 0. The molecule has 4 rings (SSSR count). The number of anilines is 1. The van der Waals surface area contributed by atoms with Gasteiger partial charge < -0.3 is 10.0 Å². The third-order valence-corrected chi connectivity index (χ3v) is 4.58. The van der Waals surface area contributed by atoms with E-state index in [1.165, 1.54) is 23.0 Å². The summed E-state index contributed by atoms with van der Waals surface area (Å²) in [5.74, 6) is -0.774. The Morgan fingerprint density at radius 1 is 1.40 bits per heavy atom. The number of aryl methyl sites for hydroxylation is 1. The summed E-state index contributed by atoms with van der Waals surface area (Å²) < 4.78 is 15.1. The summed E-state index contributed by atoms with van der Waals surface area (Å²) in [6, 6.07) is 3.28. The number of rotatable bonds is 3. The Balaban J connectivity index is 1.77. The van der Waals surface area contributed by atoms with Crippen molar-refractivity contribution in [2.75, 3.05) is 11.4 Å². The van der Waals surface area contributed by atoms with Crippen molar-refractivity contribution in [1.29, 1.82) is 0 Å². The van der Waals surface area contributed by atoms with Crippen molar-refractivity contribution in [1.82, 2.24) is 19.6 Å². The van der Waals surface area contributed by atoms with E-state index < -0.39 is 5.97 Å². The van der Waals surface area contributed by atoms with E-state index in [0.29, 0.717) is 11.5 Å². The Kier molecular flexibility index (Phi) is 3.60. The lowest BCUT2D eigenvalue weighted by atomic mass is 10.0. The molecule has 1 atom stereocenters. The number of carbonyl (C=O) groups is 1. The van der Waals surface area contributed by atoms with Crippen LogP contribution in [0.15, 0.2) is 30.7 Å². The zero-order chi connectivity index (χ0) is 17.6. The topological polar surface area (TPSA) is 83.6 Å². The van der Waals surface area contributed by atoms with Gasteiger partial charge in [-0.25, -0.2) is 18.7 Å². The van der Waals surface area contributed by atoms with Crippen molar-refractivity contribution in [3.05, 3.63) is 53.4 Å². The highest BCUT2D eigenvalue weighted by atomic mass is 19.1. The van der Waals surface area contributed by atoms with E-state index in [0.717, 1.165) is 30.6 Å². The Morgan fingerprint density at radius 3 is 3.04 bits per heavy atom. The maximum Gasteiger partial charge on any atom is 0.341 e. The quantitative estimate of drug-likeness (QED) is 0.788. The predicted octanol–water partition coefficient (Wildman–Crippen LogP) is 2.61. The lowest BCUT2D eigenvalue weighted by Crippen LogP contribution is -2.24. The standard InChI is InChI=1S/C17H16FN5O2/c1-10-12(7-11(18)8-19-10)14-3-2-5-22(14)15-4-6-23-16(21-15)13(9-20-23)17(24)25/h4,6-9,14H,2-3,5H2,1H3,(H,24,25)/t14-/m1/s1. The third-order valence-electron chi connectivity index (χ3n) is 4.58. The molecule has 0 aromatic carbocycles. The Morgan fingerprint density at radius 2 is 2.24 bits per heavy atom. The van der Waals surface area contributed by atoms with Crippen LogP contribution in [0.1, 0.15) is 40.5 Å². The Hall–Kier alpha value is -3.03. The number of nitrogens with zero attached hydrogens (tertiary/aromatic N) is 5. The van der Waals surface area contributed by atoms with Crippen LogP contribution >= 0.6 is 0 Å². The van der Waals surface area contributed by atoms with Gasteiger partial charge in [0.2, 0.25) is 0 Å². The number of pyridine rings is 1. The Labute approximate surface area is 142 Å². The maximum absolute atomic E-state index is 13.7. The molecule has 0 radical (unpaired) electrons. The average molecular weight is 341 g/mol. The third kappa shape index (κ3) is 2.59. The zero-order valence-electron chi connectivity index (χ0n) is 13.6. The molecule has 8 heteroatoms. The SMILES string of the molecule is Cc1ncc(F)cc1[C@H]1CCCN1c1ccn2ncc(C(=O)O)c2n1. The van der Waals surface area contributed by atoms with Gasteiger partial charge in [-0.2, -0.15) is 5.10 Å². The van der Waals surface area contributed by atoms with E-state index in [-0.39, 0.29) is 17.4 Å². The summed E-state index contributed by atoms with van der Waals surface area (Å²) in [5, 5.41) is 13.3. The second kappa shape index (κ2) is 5.80. The fourth-order valence-corrected chi connectivity index (χ4v) is 3.40. The van der Waals surface area contributed by atoms with E-state index >= 15 is 0 Å². The molecule has 0 unspecified atom stereocenters. The second-order valence-corrected chi connectivity index (χ2v) is 6.10. The van der Waals surface area contributed by atoms with Crippen LogP contribution in [0.5, 0.6) is 0 Å². The molecule has 4 heterocycles. The number of halogens is 1. The molecule has 0 spiro atoms. The molecule has 7 nitrogen and oxygen atoms in total. The molecule has 0 aliphatic carbocycles. The van der Waals surface area contributed by atoms with Crippen LogP contribution in [0.3, 0.4) is 0 Å². The molecular weight excluding hydrogens is 325 g/mol. The minimum absolute atomic E-state index is 0.0330. The molecule has 3 aromatic rings. The van der Waals surface area contributed by atoms with E-state index in [9.17, 15) is 14.3 Å². The summed E-state index contributed by atoms with van der Waals surface area (Å²) in [4.78, 5) is 22.0. The molecular formula is C17H16FN5O2. The zero-order valence-corrected chi connectivity index (χ0v) is 13.6. The van der Waals surface area contributed by atoms with Crippen molar-refractivity contribution in [3.63, 3.8) is 0 Å². The Bertz CT molecular complexity index is 971. The molecule has 1 fully saturated rings. The fourth-order valence-electron chi connectivity index (χ4n) is 3.40. The molecule has 128 valence electrons. The average Bonchev–Trinajstić information content (AvgIpc) is 3.22. The predicted molar refractivity (Wildman–Crippen MR) is 88.2 cm³/mol. The summed E-state index contributed by atoms with van der Waals surface area (Å²) >= 11 is 0. The van der Waals surface area contributed by atoms with E-state index in [1.807, 2.05) is 6.92 Å². The first-order chi connectivity index (χ1) is 12.0. The first kappa shape index (κ1) is 15.5. The van der Waals surface area contributed by atoms with Crippen LogP contribution in [0, 0.1) is 12.7 Å². The number of carboxylic acids is 1. The van der Waals surface area contributed by atoms with Gasteiger partial charge in [0, 0.05) is 18.4 Å². The highest BCUT2D eigenvalue weighted by molar-refractivity contribution is 5.94. The lowest BCUT2D eigenvalue weighted by molar-refractivity contribution is 0.0698. The summed E-state index contributed by atoms with van der Waals surface area (Å²) in [6.45, 7) is 2.63.